The predicted octanol–water partition coefficient (Wildman–Crippen LogP) is 3.57. The van der Waals surface area contributed by atoms with Crippen molar-refractivity contribution in [2.75, 3.05) is 6.54 Å². The number of aromatic amines is 1. The Bertz CT molecular complexity index is 1050. The summed E-state index contributed by atoms with van der Waals surface area (Å²) in [5.41, 5.74) is 0.893. The van der Waals surface area contributed by atoms with Gasteiger partial charge in [0.1, 0.15) is 17.2 Å². The Hall–Kier alpha value is -3.29. The smallest absolute Gasteiger partial charge is 0.200 e. The van der Waals surface area contributed by atoms with E-state index in [-0.39, 0.29) is 6.54 Å². The van der Waals surface area contributed by atoms with Gasteiger partial charge in [0.05, 0.1) is 12.7 Å². The van der Waals surface area contributed by atoms with Gasteiger partial charge < -0.3 is 0 Å². The number of nitrogens with one attached hydrogen (secondary N) is 1. The van der Waals surface area contributed by atoms with Crippen molar-refractivity contribution < 1.29 is 8.78 Å². The van der Waals surface area contributed by atoms with Crippen molar-refractivity contribution in [3.8, 4) is 23.0 Å². The van der Waals surface area contributed by atoms with Crippen molar-refractivity contribution in [1.82, 2.24) is 25.1 Å². The molecular formula is C19H16F2N6. The number of allylic oxidation sites excluding steroid dienone is 1. The third-order valence-corrected chi connectivity index (χ3v) is 4.46. The van der Waals surface area contributed by atoms with Crippen LogP contribution in [0.4, 0.5) is 8.78 Å². The van der Waals surface area contributed by atoms with Gasteiger partial charge in [-0.05, 0) is 55.3 Å². The molecule has 3 aromatic rings. The molecule has 0 aliphatic carbocycles. The molecule has 0 saturated carbocycles. The number of rotatable bonds is 3. The molecule has 8 heteroatoms. The standard InChI is InChI=1S/C19H16F2N6/c1-11-5-6-22-10-19(11,21)13-7-12(2)24-16(8-13)18-25-17(26-27-18)15-4-3-14(20)9-23-15/h3-9H,10H2,1-2H3,(H,25,26,27). The molecule has 136 valence electrons. The van der Waals surface area contributed by atoms with E-state index in [1.807, 2.05) is 0 Å². The molecule has 1 aliphatic rings. The second-order valence-corrected chi connectivity index (χ2v) is 6.39. The molecule has 0 amide bonds. The zero-order valence-corrected chi connectivity index (χ0v) is 14.7. The lowest BCUT2D eigenvalue weighted by Gasteiger charge is -2.27. The lowest BCUT2D eigenvalue weighted by Crippen LogP contribution is -2.28. The fourth-order valence-electron chi connectivity index (χ4n) is 2.94. The third-order valence-electron chi connectivity index (χ3n) is 4.46. The number of hydrogen-bond acceptors (Lipinski definition) is 5. The number of halogens is 2. The first-order valence-electron chi connectivity index (χ1n) is 8.36. The first kappa shape index (κ1) is 17.1. The summed E-state index contributed by atoms with van der Waals surface area (Å²) in [6.45, 7) is 3.55. The maximum atomic E-state index is 15.6. The highest BCUT2D eigenvalue weighted by atomic mass is 19.1. The summed E-state index contributed by atoms with van der Waals surface area (Å²) in [4.78, 5) is 16.8. The second kappa shape index (κ2) is 6.46. The monoisotopic (exact) mass is 366 g/mol. The zero-order valence-electron chi connectivity index (χ0n) is 14.7. The fraction of sp³-hybridized carbons (Fsp3) is 0.211. The van der Waals surface area contributed by atoms with Gasteiger partial charge in [0, 0.05) is 11.9 Å². The SMILES string of the molecule is CC1=CC=NCC1(F)c1cc(C)nc(-c2n[nH]c(-c3ccc(F)cn3)n2)c1. The molecule has 1 aliphatic heterocycles. The van der Waals surface area contributed by atoms with E-state index >= 15 is 4.39 Å². The van der Waals surface area contributed by atoms with Crippen molar-refractivity contribution in [2.24, 2.45) is 4.99 Å². The van der Waals surface area contributed by atoms with Crippen LogP contribution in [-0.4, -0.2) is 37.9 Å². The number of nitrogens with zero attached hydrogens (tertiary/aromatic N) is 5. The van der Waals surface area contributed by atoms with E-state index in [0.29, 0.717) is 39.9 Å². The van der Waals surface area contributed by atoms with Crippen LogP contribution in [-0.2, 0) is 5.67 Å². The molecule has 6 nitrogen and oxygen atoms in total. The predicted molar refractivity (Wildman–Crippen MR) is 97.4 cm³/mol. The molecule has 1 N–H and O–H groups in total. The molecule has 0 bridgehead atoms. The van der Waals surface area contributed by atoms with Gasteiger partial charge in [-0.3, -0.25) is 10.1 Å². The Morgan fingerprint density at radius 3 is 2.70 bits per heavy atom. The second-order valence-electron chi connectivity index (χ2n) is 6.39. The lowest BCUT2D eigenvalue weighted by molar-refractivity contribution is 0.225. The summed E-state index contributed by atoms with van der Waals surface area (Å²) >= 11 is 0. The molecule has 0 spiro atoms. The largest absolute Gasteiger partial charge is 0.289 e. The Morgan fingerprint density at radius 2 is 1.96 bits per heavy atom. The van der Waals surface area contributed by atoms with Crippen molar-refractivity contribution in [3.05, 3.63) is 59.2 Å². The van der Waals surface area contributed by atoms with Crippen LogP contribution in [0.3, 0.4) is 0 Å². The Morgan fingerprint density at radius 1 is 1.11 bits per heavy atom. The van der Waals surface area contributed by atoms with Gasteiger partial charge in [0.2, 0.25) is 0 Å². The average Bonchev–Trinajstić information content (AvgIpc) is 3.14. The normalized spacial score (nSPS) is 19.2. The van der Waals surface area contributed by atoms with E-state index in [2.05, 4.69) is 30.1 Å². The maximum absolute atomic E-state index is 15.6. The van der Waals surface area contributed by atoms with E-state index in [9.17, 15) is 4.39 Å². The molecule has 1 unspecified atom stereocenters. The number of dihydropyridines is 1. The molecule has 0 aromatic carbocycles. The summed E-state index contributed by atoms with van der Waals surface area (Å²) in [7, 11) is 0. The molecule has 27 heavy (non-hydrogen) atoms. The van der Waals surface area contributed by atoms with Crippen LogP contribution >= 0.6 is 0 Å². The number of hydrogen-bond donors (Lipinski definition) is 1. The lowest BCUT2D eigenvalue weighted by atomic mass is 9.87. The number of aromatic nitrogens is 5. The Labute approximate surface area is 154 Å². The van der Waals surface area contributed by atoms with Gasteiger partial charge in [-0.2, -0.15) is 5.10 Å². The third kappa shape index (κ3) is 3.14. The summed E-state index contributed by atoms with van der Waals surface area (Å²) in [6, 6.07) is 6.13. The summed E-state index contributed by atoms with van der Waals surface area (Å²) < 4.78 is 28.6. The quantitative estimate of drug-likeness (QED) is 0.768. The van der Waals surface area contributed by atoms with Gasteiger partial charge in [-0.15, -0.1) is 0 Å². The van der Waals surface area contributed by atoms with Gasteiger partial charge in [0.15, 0.2) is 17.3 Å². The van der Waals surface area contributed by atoms with Crippen LogP contribution < -0.4 is 0 Å². The summed E-state index contributed by atoms with van der Waals surface area (Å²) in [6.07, 6.45) is 4.38. The van der Waals surface area contributed by atoms with E-state index in [1.165, 1.54) is 12.1 Å². The van der Waals surface area contributed by atoms with Crippen LogP contribution in [0.15, 0.2) is 47.1 Å². The summed E-state index contributed by atoms with van der Waals surface area (Å²) in [5, 5.41) is 6.92. The van der Waals surface area contributed by atoms with Crippen LogP contribution in [0.25, 0.3) is 23.0 Å². The van der Waals surface area contributed by atoms with Crippen molar-refractivity contribution in [3.63, 3.8) is 0 Å². The van der Waals surface area contributed by atoms with Crippen LogP contribution in [0, 0.1) is 12.7 Å². The Balaban J connectivity index is 1.73. The van der Waals surface area contributed by atoms with E-state index in [1.54, 1.807) is 38.3 Å². The first-order valence-corrected chi connectivity index (χ1v) is 8.36. The van der Waals surface area contributed by atoms with E-state index < -0.39 is 11.5 Å². The summed E-state index contributed by atoms with van der Waals surface area (Å²) in [5.74, 6) is 0.254. The fourth-order valence-corrected chi connectivity index (χ4v) is 2.94. The van der Waals surface area contributed by atoms with Crippen molar-refractivity contribution >= 4 is 6.21 Å². The highest BCUT2D eigenvalue weighted by Gasteiger charge is 2.36. The van der Waals surface area contributed by atoms with Crippen LogP contribution in [0.5, 0.6) is 0 Å². The first-order chi connectivity index (χ1) is 13.0. The van der Waals surface area contributed by atoms with E-state index in [4.69, 9.17) is 0 Å². The molecular weight excluding hydrogens is 350 g/mol. The molecule has 3 aromatic heterocycles. The average molecular weight is 366 g/mol. The highest BCUT2D eigenvalue weighted by Crippen LogP contribution is 2.37. The number of aryl methyl sites for hydroxylation is 1. The number of pyridine rings is 2. The van der Waals surface area contributed by atoms with Crippen molar-refractivity contribution in [1.29, 1.82) is 0 Å². The molecule has 0 saturated heterocycles. The highest BCUT2D eigenvalue weighted by molar-refractivity contribution is 5.74. The molecule has 4 heterocycles. The minimum absolute atomic E-state index is 0.0248. The number of alkyl halides is 1. The minimum atomic E-state index is -1.69. The number of aliphatic imine (C=N–C) groups is 1. The van der Waals surface area contributed by atoms with Gasteiger partial charge in [0.25, 0.3) is 0 Å². The molecule has 0 radical (unpaired) electrons. The number of H-pyrrole nitrogens is 1. The maximum Gasteiger partial charge on any atom is 0.200 e. The molecule has 4 rings (SSSR count). The van der Waals surface area contributed by atoms with Gasteiger partial charge >= 0.3 is 0 Å². The van der Waals surface area contributed by atoms with E-state index in [0.717, 1.165) is 6.20 Å². The molecule has 1 atom stereocenters. The van der Waals surface area contributed by atoms with Crippen LogP contribution in [0.2, 0.25) is 0 Å². The van der Waals surface area contributed by atoms with Gasteiger partial charge in [-0.25, -0.2) is 23.7 Å². The Kier molecular flexibility index (Phi) is 4.10. The topological polar surface area (TPSA) is 79.7 Å². The minimum Gasteiger partial charge on any atom is -0.289 e. The van der Waals surface area contributed by atoms with Crippen molar-refractivity contribution in [2.45, 2.75) is 19.5 Å². The van der Waals surface area contributed by atoms with Crippen LogP contribution in [0.1, 0.15) is 18.2 Å². The molecule has 0 fully saturated rings. The zero-order chi connectivity index (χ0) is 19.0. The van der Waals surface area contributed by atoms with Gasteiger partial charge in [-0.1, -0.05) is 0 Å².